The van der Waals surface area contributed by atoms with Crippen molar-refractivity contribution >= 4 is 23.5 Å². The summed E-state index contributed by atoms with van der Waals surface area (Å²) in [5, 5.41) is 9.45. The molecule has 1 atom stereocenters. The number of carboxylic acids is 1. The minimum absolute atomic E-state index is 0.00157. The minimum atomic E-state index is -0.875. The van der Waals surface area contributed by atoms with Gasteiger partial charge < -0.3 is 14.7 Å². The van der Waals surface area contributed by atoms with Gasteiger partial charge in [-0.05, 0) is 31.0 Å². The van der Waals surface area contributed by atoms with Crippen LogP contribution in [0.2, 0.25) is 5.02 Å². The number of halogens is 1. The third-order valence-corrected chi connectivity index (χ3v) is 3.93. The lowest BCUT2D eigenvalue weighted by Crippen LogP contribution is -2.37. The summed E-state index contributed by atoms with van der Waals surface area (Å²) in [6, 6.07) is 4.93. The maximum atomic E-state index is 12.4. The van der Waals surface area contributed by atoms with Crippen LogP contribution in [0.15, 0.2) is 18.2 Å². The molecular weight excluding hydrogens is 294 g/mol. The van der Waals surface area contributed by atoms with E-state index in [0.717, 1.165) is 18.4 Å². The third kappa shape index (κ3) is 3.88. The van der Waals surface area contributed by atoms with Crippen molar-refractivity contribution in [2.24, 2.45) is 0 Å². The second-order valence-corrected chi connectivity index (χ2v) is 5.55. The van der Waals surface area contributed by atoms with Gasteiger partial charge in [-0.2, -0.15) is 0 Å². The van der Waals surface area contributed by atoms with Crippen LogP contribution in [0.3, 0.4) is 0 Å². The first-order valence-electron chi connectivity index (χ1n) is 6.85. The van der Waals surface area contributed by atoms with Crippen LogP contribution in [0.5, 0.6) is 5.75 Å². The summed E-state index contributed by atoms with van der Waals surface area (Å²) in [6.45, 7) is 0.611. The van der Waals surface area contributed by atoms with Crippen LogP contribution in [0.4, 0.5) is 0 Å². The highest BCUT2D eigenvalue weighted by Crippen LogP contribution is 2.26. The number of nitrogens with zero attached hydrogens (tertiary/aromatic N) is 1. The Morgan fingerprint density at radius 3 is 2.90 bits per heavy atom. The molecule has 21 heavy (non-hydrogen) atoms. The van der Waals surface area contributed by atoms with Gasteiger partial charge >= 0.3 is 5.97 Å². The summed E-state index contributed by atoms with van der Waals surface area (Å²) >= 11 is 5.96. The fraction of sp³-hybridized carbons (Fsp3) is 0.467. The second kappa shape index (κ2) is 6.80. The van der Waals surface area contributed by atoms with E-state index in [1.165, 1.54) is 0 Å². The van der Waals surface area contributed by atoms with Gasteiger partial charge in [0.15, 0.2) is 0 Å². The van der Waals surface area contributed by atoms with Crippen molar-refractivity contribution in [1.29, 1.82) is 0 Å². The number of carbonyl (C=O) groups excluding carboxylic acids is 1. The summed E-state index contributed by atoms with van der Waals surface area (Å²) in [5.41, 5.74) is 0.718. The number of carboxylic acid groups (broad SMARTS) is 1. The Labute approximate surface area is 128 Å². The van der Waals surface area contributed by atoms with E-state index < -0.39 is 5.97 Å². The molecule has 0 aromatic heterocycles. The van der Waals surface area contributed by atoms with Crippen molar-refractivity contribution in [1.82, 2.24) is 4.90 Å². The lowest BCUT2D eigenvalue weighted by molar-refractivity contribution is -0.139. The third-order valence-electron chi connectivity index (χ3n) is 3.69. The van der Waals surface area contributed by atoms with Crippen LogP contribution in [0.1, 0.15) is 24.8 Å². The number of benzene rings is 1. The normalized spacial score (nSPS) is 17.8. The van der Waals surface area contributed by atoms with Crippen molar-refractivity contribution in [3.05, 3.63) is 28.8 Å². The van der Waals surface area contributed by atoms with E-state index in [0.29, 0.717) is 17.3 Å². The smallest absolute Gasteiger partial charge is 0.305 e. The average Bonchev–Trinajstić information content (AvgIpc) is 2.86. The molecule has 2 rings (SSSR count). The van der Waals surface area contributed by atoms with Gasteiger partial charge in [0.05, 0.1) is 20.0 Å². The monoisotopic (exact) mass is 311 g/mol. The van der Waals surface area contributed by atoms with E-state index in [1.807, 2.05) is 0 Å². The van der Waals surface area contributed by atoms with Crippen LogP contribution in [-0.2, 0) is 16.0 Å². The largest absolute Gasteiger partial charge is 0.496 e. The number of methoxy groups -OCH3 is 1. The molecule has 6 heteroatoms. The summed E-state index contributed by atoms with van der Waals surface area (Å²) in [7, 11) is 1.54. The van der Waals surface area contributed by atoms with Gasteiger partial charge in [-0.25, -0.2) is 0 Å². The fourth-order valence-electron chi connectivity index (χ4n) is 2.73. The number of rotatable bonds is 5. The highest BCUT2D eigenvalue weighted by molar-refractivity contribution is 6.30. The highest BCUT2D eigenvalue weighted by Gasteiger charge is 2.30. The molecule has 1 fully saturated rings. The minimum Gasteiger partial charge on any atom is -0.496 e. The first-order chi connectivity index (χ1) is 10.0. The molecule has 1 aliphatic heterocycles. The molecule has 0 saturated carbocycles. The van der Waals surface area contributed by atoms with Gasteiger partial charge in [0.25, 0.3) is 0 Å². The number of likely N-dealkylation sites (tertiary alicyclic amines) is 1. The van der Waals surface area contributed by atoms with Crippen molar-refractivity contribution in [2.75, 3.05) is 13.7 Å². The van der Waals surface area contributed by atoms with Crippen molar-refractivity contribution < 1.29 is 19.4 Å². The molecule has 1 saturated heterocycles. The molecule has 1 aromatic rings. The van der Waals surface area contributed by atoms with Gasteiger partial charge in [0.1, 0.15) is 5.75 Å². The van der Waals surface area contributed by atoms with E-state index in [9.17, 15) is 9.59 Å². The molecule has 5 nitrogen and oxygen atoms in total. The maximum absolute atomic E-state index is 12.4. The zero-order valence-electron chi connectivity index (χ0n) is 11.8. The molecule has 114 valence electrons. The lowest BCUT2D eigenvalue weighted by atomic mass is 10.1. The number of carbonyl (C=O) groups is 2. The molecule has 0 aliphatic carbocycles. The number of amides is 1. The number of aliphatic carboxylic acids is 1. The first kappa shape index (κ1) is 15.6. The van der Waals surface area contributed by atoms with Crippen LogP contribution >= 0.6 is 11.6 Å². The van der Waals surface area contributed by atoms with E-state index in [-0.39, 0.29) is 24.8 Å². The van der Waals surface area contributed by atoms with Crippen LogP contribution in [0.25, 0.3) is 0 Å². The van der Waals surface area contributed by atoms with Gasteiger partial charge in [-0.15, -0.1) is 0 Å². The highest BCUT2D eigenvalue weighted by atomic mass is 35.5. The molecular formula is C15H18ClNO4. The standard InChI is InChI=1S/C15H18ClNO4/c1-21-13-5-4-11(16)7-10(13)8-14(18)17-6-2-3-12(17)9-15(19)20/h4-5,7,12H,2-3,6,8-9H2,1H3,(H,19,20). The van der Waals surface area contributed by atoms with Crippen molar-refractivity contribution in [2.45, 2.75) is 31.7 Å². The average molecular weight is 312 g/mol. The lowest BCUT2D eigenvalue weighted by Gasteiger charge is -2.24. The quantitative estimate of drug-likeness (QED) is 0.906. The fourth-order valence-corrected chi connectivity index (χ4v) is 2.92. The van der Waals surface area contributed by atoms with Crippen molar-refractivity contribution in [3.63, 3.8) is 0 Å². The summed E-state index contributed by atoms with van der Waals surface area (Å²) in [6.07, 6.45) is 1.75. The maximum Gasteiger partial charge on any atom is 0.305 e. The SMILES string of the molecule is COc1ccc(Cl)cc1CC(=O)N1CCCC1CC(=O)O. The molecule has 0 spiro atoms. The molecule has 1 unspecified atom stereocenters. The van der Waals surface area contributed by atoms with Gasteiger partial charge in [-0.1, -0.05) is 11.6 Å². The molecule has 0 radical (unpaired) electrons. The predicted molar refractivity (Wildman–Crippen MR) is 78.7 cm³/mol. The Morgan fingerprint density at radius 1 is 1.48 bits per heavy atom. The summed E-state index contributed by atoms with van der Waals surface area (Å²) < 4.78 is 5.23. The topological polar surface area (TPSA) is 66.8 Å². The molecule has 1 N–H and O–H groups in total. The second-order valence-electron chi connectivity index (χ2n) is 5.11. The van der Waals surface area contributed by atoms with Gasteiger partial charge in [-0.3, -0.25) is 9.59 Å². The van der Waals surface area contributed by atoms with E-state index in [2.05, 4.69) is 0 Å². The molecule has 1 aromatic carbocycles. The van der Waals surface area contributed by atoms with E-state index >= 15 is 0 Å². The van der Waals surface area contributed by atoms with E-state index in [4.69, 9.17) is 21.4 Å². The molecule has 1 heterocycles. The Kier molecular flexibility index (Phi) is 5.07. The zero-order chi connectivity index (χ0) is 15.4. The number of ether oxygens (including phenoxy) is 1. The zero-order valence-corrected chi connectivity index (χ0v) is 12.6. The Balaban J connectivity index is 2.10. The Bertz CT molecular complexity index is 546. The number of hydrogen-bond acceptors (Lipinski definition) is 3. The van der Waals surface area contributed by atoms with Gasteiger partial charge in [0.2, 0.25) is 5.91 Å². The van der Waals surface area contributed by atoms with Crippen molar-refractivity contribution in [3.8, 4) is 5.75 Å². The summed E-state index contributed by atoms with van der Waals surface area (Å²) in [4.78, 5) is 24.9. The van der Waals surface area contributed by atoms with Crippen LogP contribution in [0, 0.1) is 0 Å². The van der Waals surface area contributed by atoms with Gasteiger partial charge in [0, 0.05) is 23.2 Å². The van der Waals surface area contributed by atoms with E-state index in [1.54, 1.807) is 30.2 Å². The molecule has 0 bridgehead atoms. The Hall–Kier alpha value is -1.75. The summed E-state index contributed by atoms with van der Waals surface area (Å²) in [5.74, 6) is -0.346. The number of hydrogen-bond donors (Lipinski definition) is 1. The molecule has 1 amide bonds. The van der Waals surface area contributed by atoms with Crippen LogP contribution in [-0.4, -0.2) is 41.6 Å². The van der Waals surface area contributed by atoms with Crippen LogP contribution < -0.4 is 4.74 Å². The predicted octanol–water partition coefficient (Wildman–Crippen LogP) is 2.36. The molecule has 1 aliphatic rings. The Morgan fingerprint density at radius 2 is 2.24 bits per heavy atom. The first-order valence-corrected chi connectivity index (χ1v) is 7.22.